The van der Waals surface area contributed by atoms with E-state index >= 15 is 0 Å². The summed E-state index contributed by atoms with van der Waals surface area (Å²) >= 11 is 0. The fourth-order valence-electron chi connectivity index (χ4n) is 2.80. The van der Waals surface area contributed by atoms with Crippen molar-refractivity contribution in [2.45, 2.75) is 6.54 Å². The first-order chi connectivity index (χ1) is 10.9. The fourth-order valence-corrected chi connectivity index (χ4v) is 2.80. The summed E-state index contributed by atoms with van der Waals surface area (Å²) in [6.45, 7) is 0.841. The first-order valence-electron chi connectivity index (χ1n) is 7.46. The largest absolute Gasteiger partial charge is 0.321 e. The number of nitrogens with zero attached hydrogens (tertiary/aromatic N) is 2. The molecule has 0 atom stereocenters. The minimum Gasteiger partial charge on any atom is -0.321 e. The molecule has 0 bridgehead atoms. The van der Waals surface area contributed by atoms with Crippen molar-refractivity contribution in [3.05, 3.63) is 96.1 Å². The highest BCUT2D eigenvalue weighted by molar-refractivity contribution is 6.12. The quantitative estimate of drug-likeness (QED) is 0.661. The molecular formula is C20H16N2. The topological polar surface area (TPSA) is 15.6 Å². The summed E-state index contributed by atoms with van der Waals surface area (Å²) in [7, 11) is 0. The van der Waals surface area contributed by atoms with E-state index in [2.05, 4.69) is 71.6 Å². The third-order valence-electron chi connectivity index (χ3n) is 3.90. The Morgan fingerprint density at radius 2 is 1.32 bits per heavy atom. The van der Waals surface area contributed by atoms with E-state index < -0.39 is 0 Å². The Balaban J connectivity index is 1.87. The standard InChI is InChI=1S/C20H16N2/c1-3-9-16(10-4-1)20-21-19-14-8-7-11-17(19)15-22(20)18-12-5-2-6-13-18/h1-14H,15H2. The third kappa shape index (κ3) is 2.29. The van der Waals surface area contributed by atoms with Crippen LogP contribution in [0.5, 0.6) is 0 Å². The van der Waals surface area contributed by atoms with Crippen LogP contribution in [0.1, 0.15) is 11.1 Å². The number of anilines is 1. The lowest BCUT2D eigenvalue weighted by molar-refractivity contribution is 0.977. The summed E-state index contributed by atoms with van der Waals surface area (Å²) in [6.07, 6.45) is 0. The molecular weight excluding hydrogens is 268 g/mol. The van der Waals surface area contributed by atoms with E-state index in [4.69, 9.17) is 4.99 Å². The van der Waals surface area contributed by atoms with E-state index in [1.807, 2.05) is 18.2 Å². The Labute approximate surface area is 130 Å². The van der Waals surface area contributed by atoms with Gasteiger partial charge in [0.05, 0.1) is 12.2 Å². The number of amidine groups is 1. The van der Waals surface area contributed by atoms with Crippen molar-refractivity contribution in [2.24, 2.45) is 4.99 Å². The molecule has 1 aliphatic heterocycles. The van der Waals surface area contributed by atoms with Crippen molar-refractivity contribution < 1.29 is 0 Å². The first-order valence-corrected chi connectivity index (χ1v) is 7.46. The summed E-state index contributed by atoms with van der Waals surface area (Å²) < 4.78 is 0. The Hall–Kier alpha value is -2.87. The first kappa shape index (κ1) is 12.8. The number of fused-ring (bicyclic) bond motifs is 1. The highest BCUT2D eigenvalue weighted by Gasteiger charge is 2.21. The van der Waals surface area contributed by atoms with Gasteiger partial charge in [0.25, 0.3) is 0 Å². The molecule has 0 saturated carbocycles. The fraction of sp³-hybridized carbons (Fsp3) is 0.0500. The van der Waals surface area contributed by atoms with Crippen LogP contribution in [0, 0.1) is 0 Å². The van der Waals surface area contributed by atoms with Gasteiger partial charge in [0.15, 0.2) is 0 Å². The van der Waals surface area contributed by atoms with Gasteiger partial charge in [-0.1, -0.05) is 66.7 Å². The number of benzene rings is 3. The molecule has 2 nitrogen and oxygen atoms in total. The van der Waals surface area contributed by atoms with Crippen LogP contribution in [0.4, 0.5) is 11.4 Å². The predicted molar refractivity (Wildman–Crippen MR) is 91.7 cm³/mol. The van der Waals surface area contributed by atoms with Crippen molar-refractivity contribution in [1.82, 2.24) is 0 Å². The van der Waals surface area contributed by atoms with Crippen LogP contribution < -0.4 is 4.90 Å². The Morgan fingerprint density at radius 3 is 2.09 bits per heavy atom. The molecule has 0 saturated heterocycles. The maximum atomic E-state index is 4.92. The van der Waals surface area contributed by atoms with Gasteiger partial charge in [-0.3, -0.25) is 0 Å². The molecule has 0 radical (unpaired) electrons. The van der Waals surface area contributed by atoms with Crippen LogP contribution in [-0.2, 0) is 6.54 Å². The van der Waals surface area contributed by atoms with Crippen molar-refractivity contribution in [3.63, 3.8) is 0 Å². The summed E-state index contributed by atoms with van der Waals surface area (Å²) in [5.74, 6) is 1.01. The summed E-state index contributed by atoms with van der Waals surface area (Å²) in [4.78, 5) is 7.19. The van der Waals surface area contributed by atoms with Gasteiger partial charge in [-0.25, -0.2) is 4.99 Å². The number of rotatable bonds is 2. The number of hydrogen-bond acceptors (Lipinski definition) is 2. The molecule has 0 fully saturated rings. The van der Waals surface area contributed by atoms with Gasteiger partial charge in [-0.2, -0.15) is 0 Å². The van der Waals surface area contributed by atoms with E-state index in [-0.39, 0.29) is 0 Å². The highest BCUT2D eigenvalue weighted by atomic mass is 15.2. The lowest BCUT2D eigenvalue weighted by Gasteiger charge is -2.30. The van der Waals surface area contributed by atoms with E-state index in [0.717, 1.165) is 23.6 Å². The molecule has 1 heterocycles. The molecule has 3 aromatic rings. The molecule has 0 N–H and O–H groups in total. The maximum absolute atomic E-state index is 4.92. The Bertz CT molecular complexity index is 807. The van der Waals surface area contributed by atoms with E-state index in [1.54, 1.807) is 0 Å². The number of aliphatic imine (C=N–C) groups is 1. The van der Waals surface area contributed by atoms with Gasteiger partial charge < -0.3 is 4.90 Å². The summed E-state index contributed by atoms with van der Waals surface area (Å²) in [6, 6.07) is 29.2. The molecule has 0 aliphatic carbocycles. The molecule has 0 amide bonds. The van der Waals surface area contributed by atoms with Gasteiger partial charge in [-0.15, -0.1) is 0 Å². The van der Waals surface area contributed by atoms with E-state index in [9.17, 15) is 0 Å². The van der Waals surface area contributed by atoms with Crippen LogP contribution in [0.2, 0.25) is 0 Å². The maximum Gasteiger partial charge on any atom is 0.141 e. The monoisotopic (exact) mass is 284 g/mol. The minimum absolute atomic E-state index is 0.841. The average Bonchev–Trinajstić information content (AvgIpc) is 2.62. The Kier molecular flexibility index (Phi) is 3.20. The van der Waals surface area contributed by atoms with Crippen LogP contribution in [0.15, 0.2) is 89.9 Å². The second-order valence-corrected chi connectivity index (χ2v) is 5.35. The van der Waals surface area contributed by atoms with Gasteiger partial charge in [0.2, 0.25) is 0 Å². The predicted octanol–water partition coefficient (Wildman–Crippen LogP) is 4.79. The molecule has 1 aliphatic rings. The zero-order valence-electron chi connectivity index (χ0n) is 12.2. The molecule has 0 aromatic heterocycles. The summed E-state index contributed by atoms with van der Waals surface area (Å²) in [5.41, 5.74) is 4.63. The van der Waals surface area contributed by atoms with E-state index in [1.165, 1.54) is 11.3 Å². The smallest absolute Gasteiger partial charge is 0.141 e. The van der Waals surface area contributed by atoms with Gasteiger partial charge in [0.1, 0.15) is 5.84 Å². The van der Waals surface area contributed by atoms with Crippen molar-refractivity contribution >= 4 is 17.2 Å². The van der Waals surface area contributed by atoms with Crippen LogP contribution >= 0.6 is 0 Å². The molecule has 3 aromatic carbocycles. The van der Waals surface area contributed by atoms with Crippen LogP contribution in [0.25, 0.3) is 0 Å². The third-order valence-corrected chi connectivity index (χ3v) is 3.90. The second kappa shape index (κ2) is 5.49. The summed E-state index contributed by atoms with van der Waals surface area (Å²) in [5, 5.41) is 0. The average molecular weight is 284 g/mol. The zero-order chi connectivity index (χ0) is 14.8. The van der Waals surface area contributed by atoms with Crippen molar-refractivity contribution in [1.29, 1.82) is 0 Å². The molecule has 2 heteroatoms. The van der Waals surface area contributed by atoms with Gasteiger partial charge >= 0.3 is 0 Å². The van der Waals surface area contributed by atoms with Gasteiger partial charge in [-0.05, 0) is 23.8 Å². The lowest BCUT2D eigenvalue weighted by atomic mass is 10.1. The highest BCUT2D eigenvalue weighted by Crippen LogP contribution is 2.31. The van der Waals surface area contributed by atoms with E-state index in [0.29, 0.717) is 0 Å². The van der Waals surface area contributed by atoms with Crippen molar-refractivity contribution in [3.8, 4) is 0 Å². The zero-order valence-corrected chi connectivity index (χ0v) is 12.2. The molecule has 0 spiro atoms. The second-order valence-electron chi connectivity index (χ2n) is 5.35. The normalized spacial score (nSPS) is 13.5. The van der Waals surface area contributed by atoms with Crippen LogP contribution in [0.3, 0.4) is 0 Å². The number of para-hydroxylation sites is 2. The molecule has 106 valence electrons. The van der Waals surface area contributed by atoms with Gasteiger partial charge in [0, 0.05) is 11.3 Å². The van der Waals surface area contributed by atoms with Crippen LogP contribution in [-0.4, -0.2) is 5.84 Å². The Morgan fingerprint density at radius 1 is 0.682 bits per heavy atom. The SMILES string of the molecule is c1ccc(C2=Nc3ccccc3CN2c2ccccc2)cc1. The number of hydrogen-bond donors (Lipinski definition) is 0. The molecule has 22 heavy (non-hydrogen) atoms. The van der Waals surface area contributed by atoms with Crippen molar-refractivity contribution in [2.75, 3.05) is 4.90 Å². The minimum atomic E-state index is 0.841. The molecule has 4 rings (SSSR count). The lowest BCUT2D eigenvalue weighted by Crippen LogP contribution is -2.33. The molecule has 0 unspecified atom stereocenters.